The van der Waals surface area contributed by atoms with E-state index in [0.717, 1.165) is 57.8 Å². The Morgan fingerprint density at radius 1 is 0.755 bits per heavy atom. The lowest BCUT2D eigenvalue weighted by molar-refractivity contribution is -0.367. The lowest BCUT2D eigenvalue weighted by atomic mass is 9.32. The number of carboxylic acids is 1. The van der Waals surface area contributed by atoms with E-state index >= 15 is 0 Å². The van der Waals surface area contributed by atoms with Crippen molar-refractivity contribution in [3.8, 4) is 0 Å². The van der Waals surface area contributed by atoms with Crippen LogP contribution in [0.25, 0.3) is 0 Å². The summed E-state index contributed by atoms with van der Waals surface area (Å²) in [6.45, 7) is 15.7. The Morgan fingerprint density at radius 3 is 2.13 bits per heavy atom. The normalized spacial score (nSPS) is 53.3. The molecule has 7 aliphatic rings. The van der Waals surface area contributed by atoms with Crippen LogP contribution in [0.5, 0.6) is 0 Å². The zero-order valence-corrected chi connectivity index (χ0v) is 32.7. The molecule has 7 rings (SSSR count). The molecule has 53 heavy (non-hydrogen) atoms. The van der Waals surface area contributed by atoms with Crippen LogP contribution in [0.1, 0.15) is 113 Å². The molecule has 2 aliphatic heterocycles. The van der Waals surface area contributed by atoms with E-state index in [4.69, 9.17) is 18.9 Å². The van der Waals surface area contributed by atoms with Gasteiger partial charge in [0.05, 0.1) is 24.7 Å². The molecule has 0 radical (unpaired) electrons. The number of allylic oxidation sites excluding steroid dienone is 1. The van der Waals surface area contributed by atoms with Gasteiger partial charge in [0.15, 0.2) is 12.6 Å². The molecule has 7 N–H and O–H groups in total. The highest BCUT2D eigenvalue weighted by molar-refractivity contribution is 5.80. The Balaban J connectivity index is 1.12. The molecule has 0 amide bonds. The smallest absolute Gasteiger partial charge is 0.313 e. The highest BCUT2D eigenvalue weighted by Gasteiger charge is 2.70. The van der Waals surface area contributed by atoms with Gasteiger partial charge < -0.3 is 54.7 Å². The quantitative estimate of drug-likeness (QED) is 0.155. The molecule has 0 unspecified atom stereocenters. The summed E-state index contributed by atoms with van der Waals surface area (Å²) in [6, 6.07) is 0. The second-order valence-electron chi connectivity index (χ2n) is 20.1. The second kappa shape index (κ2) is 13.5. The molecular formula is C41H66O12. The zero-order chi connectivity index (χ0) is 38.7. The van der Waals surface area contributed by atoms with Crippen LogP contribution >= 0.6 is 0 Å². The van der Waals surface area contributed by atoms with Gasteiger partial charge in [-0.15, -0.1) is 0 Å². The summed E-state index contributed by atoms with van der Waals surface area (Å²) in [5.74, 6) is 0.376. The molecule has 17 atom stereocenters. The second-order valence-corrected chi connectivity index (χ2v) is 20.1. The van der Waals surface area contributed by atoms with Gasteiger partial charge in [-0.1, -0.05) is 60.1 Å². The van der Waals surface area contributed by atoms with Crippen LogP contribution < -0.4 is 0 Å². The Morgan fingerprint density at radius 2 is 1.45 bits per heavy atom. The van der Waals surface area contributed by atoms with Gasteiger partial charge in [0.2, 0.25) is 0 Å². The SMILES string of the molecule is CC1(C)C=C2[C@@H]3CC[C@@H]4[C@@]5(C)CC[C@H](O[C@@H]6OC[C@@H](O)[C@H](O)[C@H]6O[C@@H]6O[C@H](CO)[C@@H](O)[C@H](O)[C@H]6O)C(C)(C)[C@@H]5CC[C@@]4(C)[C@]3(C)CC[C@@]2(C(=O)O)CC1. The fourth-order valence-corrected chi connectivity index (χ4v) is 13.5. The largest absolute Gasteiger partial charge is 0.481 e. The maximum absolute atomic E-state index is 13.0. The summed E-state index contributed by atoms with van der Waals surface area (Å²) in [6.07, 6.45) is -1.71. The summed E-state index contributed by atoms with van der Waals surface area (Å²) >= 11 is 0. The maximum Gasteiger partial charge on any atom is 0.313 e. The third kappa shape index (κ3) is 5.94. The van der Waals surface area contributed by atoms with E-state index in [2.05, 4.69) is 54.5 Å². The molecule has 0 aromatic carbocycles. The molecule has 4 saturated carbocycles. The Hall–Kier alpha value is -1.19. The lowest BCUT2D eigenvalue weighted by Crippen LogP contribution is -2.67. The fourth-order valence-electron chi connectivity index (χ4n) is 13.5. The predicted molar refractivity (Wildman–Crippen MR) is 192 cm³/mol. The number of fused-ring (bicyclic) bond motifs is 7. The van der Waals surface area contributed by atoms with Crippen molar-refractivity contribution >= 4 is 5.97 Å². The average molecular weight is 751 g/mol. The number of hydrogen-bond acceptors (Lipinski definition) is 11. The molecule has 5 aliphatic carbocycles. The molecule has 6 fully saturated rings. The van der Waals surface area contributed by atoms with Crippen LogP contribution in [-0.4, -0.2) is 116 Å². The Bertz CT molecular complexity index is 1430. The minimum absolute atomic E-state index is 0.00854. The minimum Gasteiger partial charge on any atom is -0.481 e. The summed E-state index contributed by atoms with van der Waals surface area (Å²) < 4.78 is 24.3. The van der Waals surface area contributed by atoms with E-state index in [0.29, 0.717) is 18.3 Å². The fraction of sp³-hybridized carbons (Fsp3) is 0.927. The van der Waals surface area contributed by atoms with Gasteiger partial charge in [0, 0.05) is 0 Å². The number of rotatable bonds is 6. The molecule has 12 nitrogen and oxygen atoms in total. The summed E-state index contributed by atoms with van der Waals surface area (Å²) in [4.78, 5) is 13.0. The van der Waals surface area contributed by atoms with Crippen molar-refractivity contribution in [2.45, 2.75) is 174 Å². The van der Waals surface area contributed by atoms with Gasteiger partial charge in [-0.25, -0.2) is 0 Å². The molecule has 2 heterocycles. The van der Waals surface area contributed by atoms with Crippen LogP contribution in [0, 0.1) is 50.2 Å². The Kier molecular flexibility index (Phi) is 10.2. The third-order valence-corrected chi connectivity index (χ3v) is 16.8. The maximum atomic E-state index is 13.0. The lowest BCUT2D eigenvalue weighted by Gasteiger charge is -2.72. The van der Waals surface area contributed by atoms with Crippen LogP contribution in [0.4, 0.5) is 0 Å². The van der Waals surface area contributed by atoms with Gasteiger partial charge in [-0.2, -0.15) is 0 Å². The number of ether oxygens (including phenoxy) is 4. The predicted octanol–water partition coefficient (Wildman–Crippen LogP) is 3.52. The molecule has 0 aromatic heterocycles. The summed E-state index contributed by atoms with van der Waals surface area (Å²) in [5, 5.41) is 73.3. The molecule has 12 heteroatoms. The van der Waals surface area contributed by atoms with E-state index in [1.165, 1.54) is 5.57 Å². The number of aliphatic hydroxyl groups is 6. The monoisotopic (exact) mass is 750 g/mol. The van der Waals surface area contributed by atoms with Gasteiger partial charge in [0.25, 0.3) is 0 Å². The van der Waals surface area contributed by atoms with Gasteiger partial charge in [0.1, 0.15) is 42.7 Å². The van der Waals surface area contributed by atoms with Gasteiger partial charge in [-0.05, 0) is 109 Å². The molecule has 2 saturated heterocycles. The third-order valence-electron chi connectivity index (χ3n) is 16.8. The van der Waals surface area contributed by atoms with E-state index in [-0.39, 0.29) is 45.7 Å². The van der Waals surface area contributed by atoms with Crippen molar-refractivity contribution in [1.82, 2.24) is 0 Å². The topological polar surface area (TPSA) is 196 Å². The first kappa shape index (κ1) is 40.0. The number of aliphatic carboxylic acids is 1. The van der Waals surface area contributed by atoms with E-state index in [1.54, 1.807) is 0 Å². The number of carbonyl (C=O) groups is 1. The average Bonchev–Trinajstić information content (AvgIpc) is 3.08. The van der Waals surface area contributed by atoms with Crippen molar-refractivity contribution in [3.63, 3.8) is 0 Å². The number of hydrogen-bond donors (Lipinski definition) is 7. The van der Waals surface area contributed by atoms with Crippen molar-refractivity contribution in [3.05, 3.63) is 11.6 Å². The molecular weight excluding hydrogens is 684 g/mol. The van der Waals surface area contributed by atoms with Crippen LogP contribution in [-0.2, 0) is 23.7 Å². The minimum atomic E-state index is -1.69. The standard InChI is InChI=1S/C41H66O12/c1-36(2)14-16-41(35(48)49)17-15-39(6)21(22(41)18-36)8-9-26-38(5)12-11-27(37(3,4)25(38)10-13-40(26,39)7)52-34-32(28(44)23(43)20-50-34)53-33-31(47)30(46)29(45)24(19-42)51-33/h18,21,23-34,42-47H,8-17,19-20H2,1-7H3,(H,48,49)/t21-,23+,24+,25-,26+,27-,28-,29+,30-,31+,32+,33-,34-,38-,39+,40+,41-/m0/s1. The van der Waals surface area contributed by atoms with E-state index in [1.807, 2.05) is 0 Å². The van der Waals surface area contributed by atoms with Crippen molar-refractivity contribution in [1.29, 1.82) is 0 Å². The van der Waals surface area contributed by atoms with Crippen molar-refractivity contribution < 1.29 is 59.5 Å². The van der Waals surface area contributed by atoms with Crippen molar-refractivity contribution in [2.75, 3.05) is 13.2 Å². The van der Waals surface area contributed by atoms with Crippen LogP contribution in [0.2, 0.25) is 0 Å². The first-order valence-electron chi connectivity index (χ1n) is 20.2. The van der Waals surface area contributed by atoms with Gasteiger partial charge in [-0.3, -0.25) is 4.79 Å². The number of carboxylic acid groups (broad SMARTS) is 1. The van der Waals surface area contributed by atoms with E-state index in [9.17, 15) is 40.5 Å². The molecule has 0 aromatic rings. The molecule has 0 spiro atoms. The van der Waals surface area contributed by atoms with Crippen LogP contribution in [0.15, 0.2) is 11.6 Å². The van der Waals surface area contributed by atoms with Crippen molar-refractivity contribution in [2.24, 2.45) is 50.2 Å². The zero-order valence-electron chi connectivity index (χ0n) is 32.7. The van der Waals surface area contributed by atoms with E-state index < -0.39 is 73.3 Å². The van der Waals surface area contributed by atoms with Gasteiger partial charge >= 0.3 is 5.97 Å². The summed E-state index contributed by atoms with van der Waals surface area (Å²) in [5.41, 5.74) is 0.185. The highest BCUT2D eigenvalue weighted by Crippen LogP contribution is 2.76. The summed E-state index contributed by atoms with van der Waals surface area (Å²) in [7, 11) is 0. The highest BCUT2D eigenvalue weighted by atomic mass is 16.8. The number of aliphatic hydroxyl groups excluding tert-OH is 6. The first-order chi connectivity index (χ1) is 24.7. The molecule has 0 bridgehead atoms. The Labute approximate surface area is 314 Å². The first-order valence-corrected chi connectivity index (χ1v) is 20.2. The molecule has 302 valence electrons. The van der Waals surface area contributed by atoms with Crippen LogP contribution in [0.3, 0.4) is 0 Å².